The van der Waals surface area contributed by atoms with E-state index in [9.17, 15) is 9.59 Å². The molecule has 21 heavy (non-hydrogen) atoms. The number of anilines is 1. The Kier molecular flexibility index (Phi) is 3.53. The van der Waals surface area contributed by atoms with E-state index in [0.717, 1.165) is 31.2 Å². The number of rotatable bonds is 2. The van der Waals surface area contributed by atoms with Gasteiger partial charge in [0.2, 0.25) is 11.8 Å². The summed E-state index contributed by atoms with van der Waals surface area (Å²) in [7, 11) is 0. The highest BCUT2D eigenvalue weighted by molar-refractivity contribution is 7.80. The molecule has 0 aromatic heterocycles. The summed E-state index contributed by atoms with van der Waals surface area (Å²) in [6.45, 7) is 1.88. The van der Waals surface area contributed by atoms with E-state index in [0.29, 0.717) is 11.3 Å². The van der Waals surface area contributed by atoms with Gasteiger partial charge in [-0.1, -0.05) is 37.2 Å². The summed E-state index contributed by atoms with van der Waals surface area (Å²) in [5.41, 5.74) is 7.87. The number of hydrogen-bond donors (Lipinski definition) is 1. The molecule has 2 fully saturated rings. The lowest BCUT2D eigenvalue weighted by atomic mass is 9.81. The van der Waals surface area contributed by atoms with Crippen LogP contribution in [0.2, 0.25) is 0 Å². The van der Waals surface area contributed by atoms with Gasteiger partial charge in [0, 0.05) is 5.56 Å². The van der Waals surface area contributed by atoms with Crippen LogP contribution in [-0.4, -0.2) is 16.8 Å². The molecule has 5 heteroatoms. The summed E-state index contributed by atoms with van der Waals surface area (Å²) >= 11 is 5.11. The molecule has 3 rings (SSSR count). The number of hydrogen-bond acceptors (Lipinski definition) is 3. The Hall–Kier alpha value is -1.75. The molecule has 2 N–H and O–H groups in total. The second-order valence-electron chi connectivity index (χ2n) is 5.84. The summed E-state index contributed by atoms with van der Waals surface area (Å²) in [5.74, 6) is -0.502. The van der Waals surface area contributed by atoms with Crippen LogP contribution in [0.25, 0.3) is 0 Å². The fraction of sp³-hybridized carbons (Fsp3) is 0.438. The monoisotopic (exact) mass is 302 g/mol. The average Bonchev–Trinajstić information content (AvgIpc) is 2.71. The van der Waals surface area contributed by atoms with Crippen molar-refractivity contribution in [1.82, 2.24) is 0 Å². The molecular formula is C16H18N2O2S. The minimum absolute atomic E-state index is 0.0900. The minimum atomic E-state index is -0.161. The van der Waals surface area contributed by atoms with E-state index in [1.165, 1.54) is 4.90 Å². The molecule has 1 aromatic rings. The number of aryl methyl sites for hydroxylation is 1. The average molecular weight is 302 g/mol. The van der Waals surface area contributed by atoms with Gasteiger partial charge in [0.15, 0.2) is 0 Å². The standard InChI is InChI=1S/C16H18N2O2S/c1-9-5-4-8-12(13(9)14(17)21)18-15(19)10-6-2-3-7-11(10)16(18)20/h4-5,8,10-11H,2-3,6-7H2,1H3,(H2,17,21). The third kappa shape index (κ3) is 2.16. The first-order chi connectivity index (χ1) is 10.0. The van der Waals surface area contributed by atoms with Crippen molar-refractivity contribution in [3.05, 3.63) is 29.3 Å². The Morgan fingerprint density at radius 1 is 1.19 bits per heavy atom. The molecule has 0 radical (unpaired) electrons. The number of benzene rings is 1. The Bertz CT molecular complexity index is 617. The zero-order valence-corrected chi connectivity index (χ0v) is 12.8. The maximum absolute atomic E-state index is 12.7. The highest BCUT2D eigenvalue weighted by atomic mass is 32.1. The number of thiocarbonyl (C=S) groups is 1. The molecule has 2 unspecified atom stereocenters. The van der Waals surface area contributed by atoms with Crippen molar-refractivity contribution in [3.8, 4) is 0 Å². The Balaban J connectivity index is 2.09. The van der Waals surface area contributed by atoms with Crippen molar-refractivity contribution in [2.45, 2.75) is 32.6 Å². The maximum Gasteiger partial charge on any atom is 0.237 e. The molecule has 1 aliphatic heterocycles. The van der Waals surface area contributed by atoms with Gasteiger partial charge in [-0.15, -0.1) is 0 Å². The maximum atomic E-state index is 12.7. The van der Waals surface area contributed by atoms with Gasteiger partial charge in [-0.05, 0) is 31.4 Å². The predicted octanol–water partition coefficient (Wildman–Crippen LogP) is 2.31. The number of carbonyl (C=O) groups is 2. The van der Waals surface area contributed by atoms with E-state index in [4.69, 9.17) is 18.0 Å². The molecule has 110 valence electrons. The van der Waals surface area contributed by atoms with Crippen LogP contribution in [-0.2, 0) is 9.59 Å². The quantitative estimate of drug-likeness (QED) is 0.672. The number of imide groups is 1. The van der Waals surface area contributed by atoms with Crippen LogP contribution < -0.4 is 10.6 Å². The summed E-state index contributed by atoms with van der Waals surface area (Å²) in [6, 6.07) is 5.47. The summed E-state index contributed by atoms with van der Waals surface area (Å²) < 4.78 is 0. The fourth-order valence-electron chi connectivity index (χ4n) is 3.56. The van der Waals surface area contributed by atoms with Gasteiger partial charge in [-0.25, -0.2) is 4.90 Å². The molecule has 0 spiro atoms. The second kappa shape index (κ2) is 5.22. The molecule has 1 aromatic carbocycles. The van der Waals surface area contributed by atoms with Gasteiger partial charge in [0.1, 0.15) is 4.99 Å². The van der Waals surface area contributed by atoms with Gasteiger partial charge in [-0.2, -0.15) is 0 Å². The van der Waals surface area contributed by atoms with Crippen LogP contribution >= 0.6 is 12.2 Å². The van der Waals surface area contributed by atoms with E-state index in [1.807, 2.05) is 19.1 Å². The summed E-state index contributed by atoms with van der Waals surface area (Å²) in [4.78, 5) is 26.9. The summed E-state index contributed by atoms with van der Waals surface area (Å²) in [6.07, 6.45) is 3.65. The number of amides is 2. The van der Waals surface area contributed by atoms with Gasteiger partial charge in [-0.3, -0.25) is 9.59 Å². The Labute approximate surface area is 129 Å². The number of fused-ring (bicyclic) bond motifs is 1. The third-order valence-corrected chi connectivity index (χ3v) is 4.78. The highest BCUT2D eigenvalue weighted by Crippen LogP contribution is 2.41. The van der Waals surface area contributed by atoms with Crippen LogP contribution in [0.3, 0.4) is 0 Å². The fourth-order valence-corrected chi connectivity index (χ4v) is 3.82. The van der Waals surface area contributed by atoms with Gasteiger partial charge in [0.25, 0.3) is 0 Å². The van der Waals surface area contributed by atoms with Crippen molar-refractivity contribution in [2.75, 3.05) is 4.90 Å². The molecule has 1 saturated carbocycles. The smallest absolute Gasteiger partial charge is 0.237 e. The van der Waals surface area contributed by atoms with E-state index < -0.39 is 0 Å². The largest absolute Gasteiger partial charge is 0.389 e. The molecule has 4 nitrogen and oxygen atoms in total. The lowest BCUT2D eigenvalue weighted by molar-refractivity contribution is -0.122. The zero-order chi connectivity index (χ0) is 15.1. The van der Waals surface area contributed by atoms with Crippen molar-refractivity contribution in [2.24, 2.45) is 17.6 Å². The van der Waals surface area contributed by atoms with E-state index in [1.54, 1.807) is 6.07 Å². The van der Waals surface area contributed by atoms with Gasteiger partial charge in [0.05, 0.1) is 17.5 Å². The first kappa shape index (κ1) is 14.2. The van der Waals surface area contributed by atoms with E-state index in [-0.39, 0.29) is 28.6 Å². The van der Waals surface area contributed by atoms with Crippen LogP contribution in [0.15, 0.2) is 18.2 Å². The second-order valence-corrected chi connectivity index (χ2v) is 6.28. The predicted molar refractivity (Wildman–Crippen MR) is 85.0 cm³/mol. The van der Waals surface area contributed by atoms with Crippen molar-refractivity contribution >= 4 is 34.7 Å². The minimum Gasteiger partial charge on any atom is -0.389 e. The molecular weight excluding hydrogens is 284 g/mol. The Morgan fingerprint density at radius 3 is 2.29 bits per heavy atom. The first-order valence-corrected chi connectivity index (χ1v) is 7.70. The van der Waals surface area contributed by atoms with Gasteiger partial charge < -0.3 is 5.73 Å². The normalized spacial score (nSPS) is 25.1. The molecule has 1 saturated heterocycles. The molecule has 2 amide bonds. The van der Waals surface area contributed by atoms with Crippen molar-refractivity contribution in [3.63, 3.8) is 0 Å². The number of nitrogens with two attached hydrogens (primary N) is 1. The summed E-state index contributed by atoms with van der Waals surface area (Å²) in [5, 5.41) is 0. The van der Waals surface area contributed by atoms with E-state index >= 15 is 0 Å². The number of carbonyl (C=O) groups excluding carboxylic acids is 2. The number of nitrogens with zero attached hydrogens (tertiary/aromatic N) is 1. The molecule has 2 atom stereocenters. The van der Waals surface area contributed by atoms with Crippen LogP contribution in [0.4, 0.5) is 5.69 Å². The third-order valence-electron chi connectivity index (χ3n) is 4.58. The van der Waals surface area contributed by atoms with Crippen molar-refractivity contribution in [1.29, 1.82) is 0 Å². The van der Waals surface area contributed by atoms with Gasteiger partial charge >= 0.3 is 0 Å². The molecule has 1 aliphatic carbocycles. The molecule has 0 bridgehead atoms. The first-order valence-electron chi connectivity index (χ1n) is 7.29. The Morgan fingerprint density at radius 2 is 1.76 bits per heavy atom. The van der Waals surface area contributed by atoms with Crippen LogP contribution in [0.1, 0.15) is 36.8 Å². The molecule has 1 heterocycles. The molecule has 2 aliphatic rings. The van der Waals surface area contributed by atoms with Crippen LogP contribution in [0.5, 0.6) is 0 Å². The van der Waals surface area contributed by atoms with Crippen molar-refractivity contribution < 1.29 is 9.59 Å². The highest BCUT2D eigenvalue weighted by Gasteiger charge is 2.49. The van der Waals surface area contributed by atoms with Crippen LogP contribution in [0, 0.1) is 18.8 Å². The SMILES string of the molecule is Cc1cccc(N2C(=O)C3CCCCC3C2=O)c1C(N)=S. The lowest BCUT2D eigenvalue weighted by Crippen LogP contribution is -2.33. The van der Waals surface area contributed by atoms with E-state index in [2.05, 4.69) is 0 Å². The topological polar surface area (TPSA) is 63.4 Å². The lowest BCUT2D eigenvalue weighted by Gasteiger charge is -2.19. The zero-order valence-electron chi connectivity index (χ0n) is 12.0.